The molecule has 0 aliphatic carbocycles. The van der Waals surface area contributed by atoms with Gasteiger partial charge in [0.05, 0.1) is 17.3 Å². The quantitative estimate of drug-likeness (QED) is 0.194. The zero-order valence-corrected chi connectivity index (χ0v) is 20.2. The van der Waals surface area contributed by atoms with Gasteiger partial charge in [-0.25, -0.2) is 8.78 Å². The zero-order chi connectivity index (χ0) is 29.3. The summed E-state index contributed by atoms with van der Waals surface area (Å²) >= 11 is 0. The Balaban J connectivity index is 2.05. The fraction of sp³-hybridized carbons (Fsp3) is 0.280. The molecule has 0 saturated heterocycles. The van der Waals surface area contributed by atoms with Gasteiger partial charge in [-0.2, -0.15) is 14.0 Å². The van der Waals surface area contributed by atoms with Crippen molar-refractivity contribution in [2.75, 3.05) is 11.9 Å². The number of aliphatic carboxylic acids is 1. The molecule has 2 amide bonds. The van der Waals surface area contributed by atoms with Crippen LogP contribution in [-0.2, 0) is 24.0 Å². The predicted octanol–water partition coefficient (Wildman–Crippen LogP) is 2.65. The van der Waals surface area contributed by atoms with E-state index in [-0.39, 0.29) is 17.3 Å². The average Bonchev–Trinajstić information content (AvgIpc) is 2.89. The van der Waals surface area contributed by atoms with E-state index in [1.165, 1.54) is 25.1 Å². The fourth-order valence-corrected chi connectivity index (χ4v) is 3.16. The van der Waals surface area contributed by atoms with Crippen molar-refractivity contribution in [2.24, 2.45) is 5.92 Å². The molecule has 39 heavy (non-hydrogen) atoms. The molecule has 2 rings (SSSR count). The number of amides is 2. The summed E-state index contributed by atoms with van der Waals surface area (Å²) in [5, 5.41) is 22.4. The number of ketones is 2. The number of carbonyl (C=O) groups is 5. The molecule has 0 aromatic heterocycles. The number of anilines is 1. The van der Waals surface area contributed by atoms with Crippen molar-refractivity contribution in [1.82, 2.24) is 5.32 Å². The molecular weight excluding hydrogens is 530 g/mol. The molecule has 0 radical (unpaired) electrons. The maximum absolute atomic E-state index is 13.8. The summed E-state index contributed by atoms with van der Waals surface area (Å²) in [6.45, 7) is 0.0363. The van der Waals surface area contributed by atoms with E-state index in [1.54, 1.807) is 6.07 Å². The number of carboxylic acid groups (broad SMARTS) is 1. The molecule has 3 N–H and O–H groups in total. The molecule has 0 unspecified atom stereocenters. The van der Waals surface area contributed by atoms with Gasteiger partial charge in [-0.05, 0) is 18.6 Å². The number of hydrogen-bond donors (Lipinski definition) is 3. The minimum absolute atomic E-state index is 0.0690. The van der Waals surface area contributed by atoms with Crippen LogP contribution in [0.25, 0.3) is 0 Å². The lowest BCUT2D eigenvalue weighted by molar-refractivity contribution is -0.139. The second-order valence-corrected chi connectivity index (χ2v) is 8.19. The van der Waals surface area contributed by atoms with Crippen molar-refractivity contribution in [3.05, 3.63) is 59.2 Å². The molecule has 2 aromatic rings. The number of ether oxygens (including phenoxy) is 1. The topological polar surface area (TPSA) is 163 Å². The van der Waals surface area contributed by atoms with Gasteiger partial charge in [-0.1, -0.05) is 19.1 Å². The lowest BCUT2D eigenvalue weighted by Crippen LogP contribution is -2.45. The van der Waals surface area contributed by atoms with Crippen LogP contribution in [-0.4, -0.2) is 47.1 Å². The number of nitrogens with one attached hydrogen (secondary N) is 2. The first-order valence-electron chi connectivity index (χ1n) is 11.2. The first kappa shape index (κ1) is 30.4. The van der Waals surface area contributed by atoms with Crippen molar-refractivity contribution in [3.8, 4) is 11.8 Å². The Kier molecular flexibility index (Phi) is 10.7. The number of rotatable bonds is 13. The molecule has 0 aliphatic rings. The maximum atomic E-state index is 13.8. The highest BCUT2D eigenvalue weighted by Gasteiger charge is 2.28. The van der Waals surface area contributed by atoms with Crippen molar-refractivity contribution in [2.45, 2.75) is 32.2 Å². The second kappa shape index (κ2) is 13.7. The Morgan fingerprint density at radius 1 is 1.05 bits per heavy atom. The van der Waals surface area contributed by atoms with Crippen LogP contribution < -0.4 is 15.4 Å². The van der Waals surface area contributed by atoms with Gasteiger partial charge in [-0.15, -0.1) is 0 Å². The molecule has 0 saturated carbocycles. The number of benzene rings is 2. The Bertz CT molecular complexity index is 1320. The van der Waals surface area contributed by atoms with Gasteiger partial charge in [0.25, 0.3) is 5.91 Å². The highest BCUT2D eigenvalue weighted by Crippen LogP contribution is 2.26. The molecule has 0 spiro atoms. The van der Waals surface area contributed by atoms with Crippen molar-refractivity contribution in [1.29, 1.82) is 5.26 Å². The van der Waals surface area contributed by atoms with E-state index < -0.39 is 96.2 Å². The average molecular weight is 551 g/mol. The minimum Gasteiger partial charge on any atom is -0.481 e. The van der Waals surface area contributed by atoms with Crippen LogP contribution in [0.1, 0.15) is 31.7 Å². The third-order valence-electron chi connectivity index (χ3n) is 5.27. The molecule has 0 aliphatic heterocycles. The van der Waals surface area contributed by atoms with Crippen LogP contribution in [0.4, 0.5) is 23.2 Å². The highest BCUT2D eigenvalue weighted by atomic mass is 19.2. The lowest BCUT2D eigenvalue weighted by atomic mass is 10.0. The number of nitrogens with zero attached hydrogens (tertiary/aromatic N) is 1. The van der Waals surface area contributed by atoms with E-state index >= 15 is 0 Å². The number of Topliss-reactive ketones (excluding diaryl/α,β-unsaturated/α-hetero) is 2. The molecule has 14 heteroatoms. The van der Waals surface area contributed by atoms with E-state index in [4.69, 9.17) is 10.4 Å². The molecule has 0 fully saturated rings. The van der Waals surface area contributed by atoms with Crippen LogP contribution in [0.5, 0.6) is 5.75 Å². The van der Waals surface area contributed by atoms with Crippen molar-refractivity contribution >= 4 is 35.0 Å². The molecule has 206 valence electrons. The van der Waals surface area contributed by atoms with Gasteiger partial charge < -0.3 is 20.5 Å². The SMILES string of the molecule is C[C@H](CC(=O)C(=O)Nc1ccccc1C#N)C(=O)N[C@@H](CCC(=O)O)C(=O)COc1c(F)c(F)cc(F)c1F. The largest absolute Gasteiger partial charge is 0.481 e. The van der Waals surface area contributed by atoms with Crippen LogP contribution in [0, 0.1) is 40.5 Å². The number of carboxylic acids is 1. The van der Waals surface area contributed by atoms with Gasteiger partial charge in [0.15, 0.2) is 23.2 Å². The number of para-hydroxylation sites is 1. The molecule has 0 heterocycles. The molecule has 10 nitrogen and oxygen atoms in total. The van der Waals surface area contributed by atoms with Crippen molar-refractivity contribution in [3.63, 3.8) is 0 Å². The predicted molar refractivity (Wildman–Crippen MR) is 124 cm³/mol. The third-order valence-corrected chi connectivity index (χ3v) is 5.27. The number of carbonyl (C=O) groups excluding carboxylic acids is 4. The smallest absolute Gasteiger partial charge is 0.303 e. The van der Waals surface area contributed by atoms with Crippen LogP contribution in [0.2, 0.25) is 0 Å². The third kappa shape index (κ3) is 8.35. The summed E-state index contributed by atoms with van der Waals surface area (Å²) < 4.78 is 58.9. The standard InChI is InChI=1S/C25H21F4N3O7/c1-12(8-18(33)25(38)31-16-5-3-2-4-13(16)10-30)24(37)32-17(6-7-20(35)36)19(34)11-39-23-21(28)14(26)9-15(27)22(23)29/h2-5,9,12,17H,6-8,11H2,1H3,(H,31,38)(H,32,37)(H,35,36)/t12-,17+/m1/s1. The highest BCUT2D eigenvalue weighted by molar-refractivity contribution is 6.41. The maximum Gasteiger partial charge on any atom is 0.303 e. The Hall–Kier alpha value is -4.80. The molecule has 2 aromatic carbocycles. The number of nitriles is 1. The summed E-state index contributed by atoms with van der Waals surface area (Å²) in [5.41, 5.74) is 0.160. The Labute approximate surface area is 218 Å². The zero-order valence-electron chi connectivity index (χ0n) is 20.2. The summed E-state index contributed by atoms with van der Waals surface area (Å²) in [6, 6.07) is 6.02. The Morgan fingerprint density at radius 2 is 1.67 bits per heavy atom. The first-order valence-corrected chi connectivity index (χ1v) is 11.2. The summed E-state index contributed by atoms with van der Waals surface area (Å²) in [6.07, 6.45) is -1.78. The van der Waals surface area contributed by atoms with E-state index in [2.05, 4.69) is 15.4 Å². The minimum atomic E-state index is -1.91. The first-order chi connectivity index (χ1) is 18.3. The van der Waals surface area contributed by atoms with Crippen LogP contribution in [0.15, 0.2) is 30.3 Å². The van der Waals surface area contributed by atoms with E-state index in [0.717, 1.165) is 0 Å². The van der Waals surface area contributed by atoms with E-state index in [9.17, 15) is 41.5 Å². The van der Waals surface area contributed by atoms with Gasteiger partial charge in [0.2, 0.25) is 23.3 Å². The van der Waals surface area contributed by atoms with Crippen LogP contribution >= 0.6 is 0 Å². The second-order valence-electron chi connectivity index (χ2n) is 8.19. The molecule has 0 bridgehead atoms. The Morgan fingerprint density at radius 3 is 2.26 bits per heavy atom. The van der Waals surface area contributed by atoms with Gasteiger partial charge >= 0.3 is 5.97 Å². The summed E-state index contributed by atoms with van der Waals surface area (Å²) in [7, 11) is 0. The molecule has 2 atom stereocenters. The van der Waals surface area contributed by atoms with Gasteiger partial charge in [-0.3, -0.25) is 24.0 Å². The van der Waals surface area contributed by atoms with Crippen LogP contribution in [0.3, 0.4) is 0 Å². The fourth-order valence-electron chi connectivity index (χ4n) is 3.16. The number of halogens is 4. The monoisotopic (exact) mass is 551 g/mol. The molecular formula is C25H21F4N3O7. The summed E-state index contributed by atoms with van der Waals surface area (Å²) in [4.78, 5) is 60.6. The van der Waals surface area contributed by atoms with Crippen molar-refractivity contribution < 1.29 is 51.4 Å². The van der Waals surface area contributed by atoms with E-state index in [0.29, 0.717) is 0 Å². The normalized spacial score (nSPS) is 12.0. The van der Waals surface area contributed by atoms with Gasteiger partial charge in [0.1, 0.15) is 12.7 Å². The van der Waals surface area contributed by atoms with Gasteiger partial charge in [0, 0.05) is 24.8 Å². The van der Waals surface area contributed by atoms with E-state index in [1.807, 2.05) is 6.07 Å². The number of hydrogen-bond acceptors (Lipinski definition) is 7. The summed E-state index contributed by atoms with van der Waals surface area (Å²) in [5.74, 6) is -15.7. The lowest BCUT2D eigenvalue weighted by Gasteiger charge is -2.20.